The van der Waals surface area contributed by atoms with Crippen LogP contribution in [0.5, 0.6) is 0 Å². The number of hydrogen-bond donors (Lipinski definition) is 1. The summed E-state index contributed by atoms with van der Waals surface area (Å²) in [6, 6.07) is 0.00502. The Bertz CT molecular complexity index is 402. The van der Waals surface area contributed by atoms with Crippen molar-refractivity contribution >= 4 is 34.3 Å². The van der Waals surface area contributed by atoms with Gasteiger partial charge in [0.15, 0.2) is 5.78 Å². The fourth-order valence-corrected chi connectivity index (χ4v) is 2.16. The van der Waals surface area contributed by atoms with E-state index in [0.29, 0.717) is 6.42 Å². The Kier molecular flexibility index (Phi) is 4.52. The number of carbonyl (C=O) groups is 2. The molecule has 0 spiro atoms. The predicted octanol–water partition coefficient (Wildman–Crippen LogP) is 2.76. The SMILES string of the molecule is CC(=O)C1=CCC(NC(=O)C(C)(C)C)C(I)=C1. The van der Waals surface area contributed by atoms with E-state index in [4.69, 9.17) is 0 Å². The van der Waals surface area contributed by atoms with E-state index in [0.717, 1.165) is 9.15 Å². The van der Waals surface area contributed by atoms with Crippen LogP contribution in [0, 0.1) is 5.41 Å². The van der Waals surface area contributed by atoms with Gasteiger partial charge in [0.25, 0.3) is 0 Å². The lowest BCUT2D eigenvalue weighted by atomic mass is 9.94. The van der Waals surface area contributed by atoms with E-state index >= 15 is 0 Å². The Morgan fingerprint density at radius 1 is 1.41 bits per heavy atom. The maximum absolute atomic E-state index is 11.9. The number of rotatable bonds is 2. The minimum Gasteiger partial charge on any atom is -0.348 e. The zero-order chi connectivity index (χ0) is 13.2. The van der Waals surface area contributed by atoms with Crippen LogP contribution in [-0.2, 0) is 9.59 Å². The number of nitrogens with one attached hydrogen (secondary N) is 1. The zero-order valence-electron chi connectivity index (χ0n) is 10.6. The standard InChI is InChI=1S/C13H18INO2/c1-8(16)9-5-6-11(10(14)7-9)15-12(17)13(2,3)4/h5,7,11H,6H2,1-4H3,(H,15,17). The number of amides is 1. The van der Waals surface area contributed by atoms with Gasteiger partial charge in [-0.2, -0.15) is 0 Å². The molecular formula is C13H18INO2. The lowest BCUT2D eigenvalue weighted by molar-refractivity contribution is -0.128. The fraction of sp³-hybridized carbons (Fsp3) is 0.538. The monoisotopic (exact) mass is 347 g/mol. The van der Waals surface area contributed by atoms with E-state index < -0.39 is 0 Å². The molecule has 3 nitrogen and oxygen atoms in total. The lowest BCUT2D eigenvalue weighted by Crippen LogP contribution is -2.42. The second-order valence-electron chi connectivity index (χ2n) is 5.26. The van der Waals surface area contributed by atoms with Gasteiger partial charge in [0.05, 0.1) is 6.04 Å². The molecule has 0 bridgehead atoms. The third-order valence-electron chi connectivity index (χ3n) is 2.59. The summed E-state index contributed by atoms with van der Waals surface area (Å²) in [6.45, 7) is 7.22. The number of allylic oxidation sites excluding steroid dienone is 2. The first-order chi connectivity index (χ1) is 7.71. The molecule has 1 amide bonds. The van der Waals surface area contributed by atoms with Gasteiger partial charge in [0.1, 0.15) is 0 Å². The molecule has 1 aliphatic carbocycles. The number of Topliss-reactive ketones (excluding diaryl/α,β-unsaturated/α-hetero) is 1. The minimum absolute atomic E-state index is 0.00502. The van der Waals surface area contributed by atoms with Crippen LogP contribution in [0.15, 0.2) is 21.3 Å². The molecule has 94 valence electrons. The molecule has 0 aromatic rings. The molecule has 4 heteroatoms. The van der Waals surface area contributed by atoms with E-state index in [1.54, 1.807) is 6.92 Å². The molecule has 0 saturated carbocycles. The average molecular weight is 347 g/mol. The minimum atomic E-state index is -0.387. The van der Waals surface area contributed by atoms with Gasteiger partial charge < -0.3 is 5.32 Å². The van der Waals surface area contributed by atoms with Crippen molar-refractivity contribution in [1.82, 2.24) is 5.32 Å². The maximum Gasteiger partial charge on any atom is 0.225 e. The van der Waals surface area contributed by atoms with Gasteiger partial charge in [-0.15, -0.1) is 0 Å². The topological polar surface area (TPSA) is 46.2 Å². The molecule has 0 radical (unpaired) electrons. The summed E-state index contributed by atoms with van der Waals surface area (Å²) in [5, 5.41) is 3.00. The Morgan fingerprint density at radius 2 is 2.00 bits per heavy atom. The number of hydrogen-bond acceptors (Lipinski definition) is 2. The van der Waals surface area contributed by atoms with E-state index in [-0.39, 0.29) is 23.1 Å². The summed E-state index contributed by atoms with van der Waals surface area (Å²) in [6.07, 6.45) is 4.42. The van der Waals surface area contributed by atoms with Crippen LogP contribution in [0.25, 0.3) is 0 Å². The van der Waals surface area contributed by atoms with Crippen LogP contribution in [0.2, 0.25) is 0 Å². The molecule has 1 N–H and O–H groups in total. The van der Waals surface area contributed by atoms with Crippen LogP contribution in [0.3, 0.4) is 0 Å². The molecule has 0 aromatic heterocycles. The van der Waals surface area contributed by atoms with Crippen molar-refractivity contribution in [2.75, 3.05) is 0 Å². The summed E-state index contributed by atoms with van der Waals surface area (Å²) >= 11 is 2.18. The zero-order valence-corrected chi connectivity index (χ0v) is 12.8. The molecule has 0 saturated heterocycles. The molecule has 0 fully saturated rings. The van der Waals surface area contributed by atoms with E-state index in [1.165, 1.54) is 0 Å². The maximum atomic E-state index is 11.9. The highest BCUT2D eigenvalue weighted by atomic mass is 127. The van der Waals surface area contributed by atoms with Crippen molar-refractivity contribution in [3.05, 3.63) is 21.3 Å². The molecule has 0 aliphatic heterocycles. The highest BCUT2D eigenvalue weighted by Gasteiger charge is 2.26. The molecule has 1 aliphatic rings. The van der Waals surface area contributed by atoms with Crippen molar-refractivity contribution in [2.24, 2.45) is 5.41 Å². The van der Waals surface area contributed by atoms with Crippen molar-refractivity contribution in [1.29, 1.82) is 0 Å². The summed E-state index contributed by atoms with van der Waals surface area (Å²) in [7, 11) is 0. The third kappa shape index (κ3) is 3.94. The molecule has 1 rings (SSSR count). The summed E-state index contributed by atoms with van der Waals surface area (Å²) in [5.74, 6) is 0.101. The Hall–Kier alpha value is -0.650. The first-order valence-electron chi connectivity index (χ1n) is 5.61. The molecule has 0 heterocycles. The van der Waals surface area contributed by atoms with Gasteiger partial charge in [0.2, 0.25) is 5.91 Å². The molecule has 0 aromatic carbocycles. The Labute approximate surface area is 116 Å². The number of carbonyl (C=O) groups excluding carboxylic acids is 2. The third-order valence-corrected chi connectivity index (χ3v) is 3.66. The van der Waals surface area contributed by atoms with Gasteiger partial charge >= 0.3 is 0 Å². The highest BCUT2D eigenvalue weighted by Crippen LogP contribution is 2.25. The van der Waals surface area contributed by atoms with Crippen LogP contribution < -0.4 is 5.32 Å². The Morgan fingerprint density at radius 3 is 2.41 bits per heavy atom. The average Bonchev–Trinajstić information content (AvgIpc) is 2.19. The fourth-order valence-electron chi connectivity index (χ4n) is 1.41. The van der Waals surface area contributed by atoms with Crippen LogP contribution in [0.1, 0.15) is 34.1 Å². The first-order valence-corrected chi connectivity index (χ1v) is 6.69. The van der Waals surface area contributed by atoms with Gasteiger partial charge in [-0.25, -0.2) is 0 Å². The molecule has 1 atom stereocenters. The van der Waals surface area contributed by atoms with Crippen LogP contribution >= 0.6 is 22.6 Å². The number of halogens is 1. The summed E-state index contributed by atoms with van der Waals surface area (Å²) < 4.78 is 1.01. The molecular weight excluding hydrogens is 329 g/mol. The lowest BCUT2D eigenvalue weighted by Gasteiger charge is -2.25. The second kappa shape index (κ2) is 5.33. The smallest absolute Gasteiger partial charge is 0.225 e. The van der Waals surface area contributed by atoms with Crippen molar-refractivity contribution in [2.45, 2.75) is 40.2 Å². The van der Waals surface area contributed by atoms with Crippen LogP contribution in [0.4, 0.5) is 0 Å². The first kappa shape index (κ1) is 14.4. The predicted molar refractivity (Wildman–Crippen MR) is 76.9 cm³/mol. The van der Waals surface area contributed by atoms with E-state index in [9.17, 15) is 9.59 Å². The summed E-state index contributed by atoms with van der Waals surface area (Å²) in [5.41, 5.74) is 0.345. The molecule has 17 heavy (non-hydrogen) atoms. The van der Waals surface area contributed by atoms with E-state index in [2.05, 4.69) is 27.9 Å². The van der Waals surface area contributed by atoms with Gasteiger partial charge in [-0.1, -0.05) is 26.8 Å². The second-order valence-corrected chi connectivity index (χ2v) is 6.50. The largest absolute Gasteiger partial charge is 0.348 e. The highest BCUT2D eigenvalue weighted by molar-refractivity contribution is 14.1. The van der Waals surface area contributed by atoms with Gasteiger partial charge in [0, 0.05) is 14.6 Å². The van der Waals surface area contributed by atoms with Gasteiger partial charge in [-0.05, 0) is 42.0 Å². The van der Waals surface area contributed by atoms with Crippen molar-refractivity contribution in [3.63, 3.8) is 0 Å². The van der Waals surface area contributed by atoms with Crippen molar-refractivity contribution < 1.29 is 9.59 Å². The van der Waals surface area contributed by atoms with Crippen molar-refractivity contribution in [3.8, 4) is 0 Å². The van der Waals surface area contributed by atoms with E-state index in [1.807, 2.05) is 32.9 Å². The molecule has 1 unspecified atom stereocenters. The van der Waals surface area contributed by atoms with Crippen LogP contribution in [-0.4, -0.2) is 17.7 Å². The summed E-state index contributed by atoms with van der Waals surface area (Å²) in [4.78, 5) is 23.1. The number of ketones is 1. The quantitative estimate of drug-likeness (QED) is 0.781. The normalized spacial score (nSPS) is 20.4. The van der Waals surface area contributed by atoms with Gasteiger partial charge in [-0.3, -0.25) is 9.59 Å². The Balaban J connectivity index is 2.71.